The van der Waals surface area contributed by atoms with E-state index in [1.165, 1.54) is 0 Å². The molecule has 0 bridgehead atoms. The molecule has 3 nitrogen and oxygen atoms in total. The number of nitrogens with zero attached hydrogens (tertiary/aromatic N) is 2. The van der Waals surface area contributed by atoms with Crippen molar-refractivity contribution in [3.8, 4) is 11.5 Å². The van der Waals surface area contributed by atoms with Crippen molar-refractivity contribution >= 4 is 27.3 Å². The molecule has 0 aliphatic carbocycles. The lowest BCUT2D eigenvalue weighted by molar-refractivity contribution is 0.426. The van der Waals surface area contributed by atoms with Crippen LogP contribution in [0.5, 0.6) is 0 Å². The minimum atomic E-state index is 0.489. The highest BCUT2D eigenvalue weighted by Crippen LogP contribution is 2.25. The Hall–Kier alpha value is -0.680. The van der Waals surface area contributed by atoms with E-state index in [2.05, 4.69) is 26.1 Å². The van der Waals surface area contributed by atoms with E-state index in [9.17, 15) is 0 Å². The van der Waals surface area contributed by atoms with E-state index in [1.807, 2.05) is 17.7 Å². The third kappa shape index (κ3) is 1.30. The van der Waals surface area contributed by atoms with E-state index in [0.29, 0.717) is 10.6 Å². The van der Waals surface area contributed by atoms with Crippen LogP contribution in [0.1, 0.15) is 5.56 Å². The normalized spacial score (nSPS) is 10.5. The van der Waals surface area contributed by atoms with Crippen LogP contribution in [0.4, 0.5) is 0 Å². The third-order valence-electron chi connectivity index (χ3n) is 1.49. The summed E-state index contributed by atoms with van der Waals surface area (Å²) in [6.45, 7) is 2.02. The van der Waals surface area contributed by atoms with Gasteiger partial charge in [-0.15, -0.1) is 0 Å². The number of hydrogen-bond acceptors (Lipinski definition) is 4. The zero-order valence-corrected chi connectivity index (χ0v) is 8.65. The van der Waals surface area contributed by atoms with Crippen LogP contribution < -0.4 is 0 Å². The zero-order valence-electron chi connectivity index (χ0n) is 6.24. The summed E-state index contributed by atoms with van der Waals surface area (Å²) in [6.07, 6.45) is 0. The molecular formula is C7H5BrN2OS. The molecule has 0 saturated heterocycles. The second-order valence-corrected chi connectivity index (χ2v) is 3.79. The molecule has 0 amide bonds. The average Bonchev–Trinajstić information content (AvgIpc) is 2.58. The molecule has 2 aromatic rings. The predicted molar refractivity (Wildman–Crippen MR) is 50.0 cm³/mol. The Balaban J connectivity index is 2.50. The number of aromatic nitrogens is 2. The highest BCUT2D eigenvalue weighted by atomic mass is 79.9. The molecule has 0 aromatic carbocycles. The molecule has 0 aliphatic rings. The van der Waals surface area contributed by atoms with E-state index in [0.717, 1.165) is 11.1 Å². The van der Waals surface area contributed by atoms with Gasteiger partial charge in [0.15, 0.2) is 0 Å². The van der Waals surface area contributed by atoms with E-state index in [4.69, 9.17) is 4.52 Å². The molecular weight excluding hydrogens is 240 g/mol. The van der Waals surface area contributed by atoms with Crippen LogP contribution in [0.25, 0.3) is 11.5 Å². The quantitative estimate of drug-likeness (QED) is 0.775. The highest BCUT2D eigenvalue weighted by Gasteiger charge is 2.09. The van der Waals surface area contributed by atoms with Crippen molar-refractivity contribution < 1.29 is 4.52 Å². The second kappa shape index (κ2) is 2.99. The fraction of sp³-hybridized carbons (Fsp3) is 0.143. The molecule has 0 radical (unpaired) electrons. The van der Waals surface area contributed by atoms with Gasteiger partial charge in [-0.1, -0.05) is 0 Å². The largest absolute Gasteiger partial charge is 0.333 e. The maximum atomic E-state index is 4.99. The van der Waals surface area contributed by atoms with Gasteiger partial charge in [0.05, 0.1) is 5.56 Å². The van der Waals surface area contributed by atoms with Gasteiger partial charge in [0.2, 0.25) is 4.73 Å². The van der Waals surface area contributed by atoms with Gasteiger partial charge in [0.25, 0.3) is 5.89 Å². The number of hydrogen-bond donors (Lipinski definition) is 0. The number of rotatable bonds is 1. The summed E-state index contributed by atoms with van der Waals surface area (Å²) in [5.74, 6) is 0.570. The van der Waals surface area contributed by atoms with E-state index in [1.54, 1.807) is 11.3 Å². The first kappa shape index (κ1) is 7.94. The molecule has 0 aliphatic heterocycles. The van der Waals surface area contributed by atoms with Crippen LogP contribution in [0.2, 0.25) is 0 Å². The summed E-state index contributed by atoms with van der Waals surface area (Å²) < 4.78 is 5.48. The molecule has 12 heavy (non-hydrogen) atoms. The summed E-state index contributed by atoms with van der Waals surface area (Å²) in [4.78, 5) is 4.06. The van der Waals surface area contributed by atoms with Crippen LogP contribution in [0.15, 0.2) is 20.0 Å². The Bertz CT molecular complexity index is 396. The van der Waals surface area contributed by atoms with Crippen molar-refractivity contribution in [2.45, 2.75) is 6.92 Å². The fourth-order valence-corrected chi connectivity index (χ4v) is 1.95. The van der Waals surface area contributed by atoms with Gasteiger partial charge in [-0.2, -0.15) is 16.3 Å². The Kier molecular flexibility index (Phi) is 1.98. The summed E-state index contributed by atoms with van der Waals surface area (Å²) >= 11 is 4.76. The zero-order chi connectivity index (χ0) is 8.55. The maximum absolute atomic E-state index is 4.99. The van der Waals surface area contributed by atoms with Gasteiger partial charge < -0.3 is 4.52 Å². The highest BCUT2D eigenvalue weighted by molar-refractivity contribution is 9.10. The Labute approximate surface area is 81.5 Å². The first-order valence-corrected chi connectivity index (χ1v) is 5.03. The lowest BCUT2D eigenvalue weighted by Crippen LogP contribution is -1.75. The summed E-state index contributed by atoms with van der Waals surface area (Å²) in [5.41, 5.74) is 2.18. The first-order chi connectivity index (χ1) is 5.77. The molecule has 62 valence electrons. The molecule has 0 N–H and O–H groups in total. The Morgan fingerprint density at radius 3 is 2.83 bits per heavy atom. The third-order valence-corrected chi connectivity index (χ3v) is 2.67. The number of aryl methyl sites for hydroxylation is 1. The average molecular weight is 245 g/mol. The minimum Gasteiger partial charge on any atom is -0.333 e. The van der Waals surface area contributed by atoms with Crippen molar-refractivity contribution in [3.05, 3.63) is 21.1 Å². The van der Waals surface area contributed by atoms with Gasteiger partial charge in [-0.25, -0.2) is 0 Å². The smallest absolute Gasteiger partial charge is 0.259 e. The lowest BCUT2D eigenvalue weighted by Gasteiger charge is -1.88. The molecule has 5 heteroatoms. The van der Waals surface area contributed by atoms with Crippen molar-refractivity contribution in [1.82, 2.24) is 10.1 Å². The lowest BCUT2D eigenvalue weighted by atomic mass is 10.2. The summed E-state index contributed by atoms with van der Waals surface area (Å²) in [7, 11) is 0. The summed E-state index contributed by atoms with van der Waals surface area (Å²) in [5, 5.41) is 7.69. The minimum absolute atomic E-state index is 0.489. The molecule has 0 atom stereocenters. The molecule has 0 fully saturated rings. The molecule has 0 saturated carbocycles. The van der Waals surface area contributed by atoms with Gasteiger partial charge >= 0.3 is 0 Å². The monoisotopic (exact) mass is 244 g/mol. The Morgan fingerprint density at radius 1 is 1.50 bits per heavy atom. The first-order valence-electron chi connectivity index (χ1n) is 3.30. The summed E-state index contributed by atoms with van der Waals surface area (Å²) in [6, 6.07) is 0. The standard InChI is InChI=1S/C7H5BrN2OS/c1-4-2-12-3-5(4)6-9-7(8)10-11-6/h2-3H,1H3. The second-order valence-electron chi connectivity index (χ2n) is 2.34. The van der Waals surface area contributed by atoms with Crippen molar-refractivity contribution in [3.63, 3.8) is 0 Å². The molecule has 0 unspecified atom stereocenters. The van der Waals surface area contributed by atoms with Gasteiger partial charge in [-0.05, 0) is 39.0 Å². The molecule has 2 rings (SSSR count). The van der Waals surface area contributed by atoms with E-state index < -0.39 is 0 Å². The molecule has 0 spiro atoms. The Morgan fingerprint density at radius 2 is 2.33 bits per heavy atom. The SMILES string of the molecule is Cc1cscc1-c1nc(Br)no1. The van der Waals surface area contributed by atoms with Crippen molar-refractivity contribution in [2.24, 2.45) is 0 Å². The van der Waals surface area contributed by atoms with Crippen LogP contribution in [0.3, 0.4) is 0 Å². The van der Waals surface area contributed by atoms with Crippen LogP contribution in [-0.4, -0.2) is 10.1 Å². The van der Waals surface area contributed by atoms with Crippen LogP contribution in [-0.2, 0) is 0 Å². The number of thiophene rings is 1. The molecule has 2 heterocycles. The fourth-order valence-electron chi connectivity index (χ4n) is 0.895. The van der Waals surface area contributed by atoms with Gasteiger partial charge in [-0.3, -0.25) is 0 Å². The number of halogens is 1. The van der Waals surface area contributed by atoms with E-state index >= 15 is 0 Å². The molecule has 2 aromatic heterocycles. The van der Waals surface area contributed by atoms with Crippen LogP contribution in [0, 0.1) is 6.92 Å². The topological polar surface area (TPSA) is 38.9 Å². The van der Waals surface area contributed by atoms with E-state index in [-0.39, 0.29) is 0 Å². The van der Waals surface area contributed by atoms with Gasteiger partial charge in [0, 0.05) is 5.38 Å². The van der Waals surface area contributed by atoms with Crippen molar-refractivity contribution in [1.29, 1.82) is 0 Å². The maximum Gasteiger partial charge on any atom is 0.259 e. The van der Waals surface area contributed by atoms with Crippen LogP contribution >= 0.6 is 27.3 Å². The predicted octanol–water partition coefficient (Wildman–Crippen LogP) is 2.87. The van der Waals surface area contributed by atoms with Gasteiger partial charge in [0.1, 0.15) is 0 Å². The van der Waals surface area contributed by atoms with Crippen molar-refractivity contribution in [2.75, 3.05) is 0 Å².